The monoisotopic (exact) mass is 361 g/mol. The molecule has 132 valence electrons. The summed E-state index contributed by atoms with van der Waals surface area (Å²) in [6.45, 7) is 0.343. The standard InChI is InChI=1S/C17H19N3O4S/c21-17(19-12-7-8-12)14-5-3-11-20(14)25(22,23)16-6-2-1-4-13(16)15-9-10-18-24-15/h1-2,4,6,9-10,12,14H,3,5,7-8,11H2,(H,19,21). The van der Waals surface area contributed by atoms with Crippen LogP contribution in [-0.2, 0) is 14.8 Å². The summed E-state index contributed by atoms with van der Waals surface area (Å²) in [6.07, 6.45) is 4.63. The molecular weight excluding hydrogens is 342 g/mol. The zero-order chi connectivity index (χ0) is 17.4. The number of benzene rings is 1. The van der Waals surface area contributed by atoms with Crippen LogP contribution in [-0.4, -0.2) is 42.4 Å². The third kappa shape index (κ3) is 3.07. The number of amides is 1. The van der Waals surface area contributed by atoms with Gasteiger partial charge >= 0.3 is 0 Å². The summed E-state index contributed by atoms with van der Waals surface area (Å²) in [5.74, 6) is 0.193. The Bertz CT molecular complexity index is 875. The van der Waals surface area contributed by atoms with Crippen LogP contribution in [0.5, 0.6) is 0 Å². The number of nitrogens with zero attached hydrogens (tertiary/aromatic N) is 2. The first-order valence-corrected chi connectivity index (χ1v) is 9.83. The minimum atomic E-state index is -3.82. The second kappa shape index (κ2) is 6.27. The zero-order valence-electron chi connectivity index (χ0n) is 13.6. The van der Waals surface area contributed by atoms with Gasteiger partial charge in [-0.1, -0.05) is 17.3 Å². The van der Waals surface area contributed by atoms with E-state index in [1.54, 1.807) is 30.3 Å². The molecule has 1 aromatic heterocycles. The van der Waals surface area contributed by atoms with Gasteiger partial charge in [0.15, 0.2) is 5.76 Å². The highest BCUT2D eigenvalue weighted by atomic mass is 32.2. The predicted molar refractivity (Wildman–Crippen MR) is 90.0 cm³/mol. The van der Waals surface area contributed by atoms with E-state index in [1.807, 2.05) is 0 Å². The molecule has 1 saturated heterocycles. The number of nitrogens with one attached hydrogen (secondary N) is 1. The van der Waals surface area contributed by atoms with Gasteiger partial charge in [-0.3, -0.25) is 4.79 Å². The molecule has 25 heavy (non-hydrogen) atoms. The Labute approximate surface area is 146 Å². The van der Waals surface area contributed by atoms with Crippen LogP contribution >= 0.6 is 0 Å². The molecule has 0 spiro atoms. The van der Waals surface area contributed by atoms with Crippen LogP contribution in [0.4, 0.5) is 0 Å². The van der Waals surface area contributed by atoms with Crippen molar-refractivity contribution in [3.05, 3.63) is 36.5 Å². The quantitative estimate of drug-likeness (QED) is 0.876. The number of carbonyl (C=O) groups is 1. The molecule has 1 aliphatic heterocycles. The molecule has 2 aromatic rings. The van der Waals surface area contributed by atoms with Crippen molar-refractivity contribution in [2.45, 2.75) is 42.7 Å². The van der Waals surface area contributed by atoms with E-state index in [-0.39, 0.29) is 16.8 Å². The van der Waals surface area contributed by atoms with Crippen LogP contribution in [0.1, 0.15) is 25.7 Å². The normalized spacial score (nSPS) is 21.4. The summed E-state index contributed by atoms with van der Waals surface area (Å²) >= 11 is 0. The van der Waals surface area contributed by atoms with Crippen molar-refractivity contribution in [3.8, 4) is 11.3 Å². The molecule has 2 aliphatic rings. The zero-order valence-corrected chi connectivity index (χ0v) is 14.4. The number of rotatable bonds is 5. The second-order valence-electron chi connectivity index (χ2n) is 6.43. The molecule has 1 unspecified atom stereocenters. The first-order valence-electron chi connectivity index (χ1n) is 8.39. The van der Waals surface area contributed by atoms with Crippen LogP contribution in [0.3, 0.4) is 0 Å². The Morgan fingerprint density at radius 2 is 2.00 bits per heavy atom. The summed E-state index contributed by atoms with van der Waals surface area (Å²) < 4.78 is 33.0. The number of aromatic nitrogens is 1. The average Bonchev–Trinajstić information content (AvgIpc) is 3.09. The molecule has 1 aliphatic carbocycles. The van der Waals surface area contributed by atoms with Crippen molar-refractivity contribution < 1.29 is 17.7 Å². The predicted octanol–water partition coefficient (Wildman–Crippen LogP) is 1.77. The lowest BCUT2D eigenvalue weighted by atomic mass is 10.2. The van der Waals surface area contributed by atoms with Crippen LogP contribution in [0.15, 0.2) is 45.9 Å². The fourth-order valence-electron chi connectivity index (χ4n) is 3.19. The van der Waals surface area contributed by atoms with Gasteiger partial charge < -0.3 is 9.84 Å². The Hall–Kier alpha value is -2.19. The lowest BCUT2D eigenvalue weighted by Crippen LogP contribution is -2.46. The molecule has 0 bridgehead atoms. The third-order valence-electron chi connectivity index (χ3n) is 4.61. The van der Waals surface area contributed by atoms with Crippen LogP contribution in [0, 0.1) is 0 Å². The van der Waals surface area contributed by atoms with Crippen LogP contribution in [0.2, 0.25) is 0 Å². The minimum Gasteiger partial charge on any atom is -0.356 e. The van der Waals surface area contributed by atoms with E-state index in [0.717, 1.165) is 12.8 Å². The maximum absolute atomic E-state index is 13.3. The van der Waals surface area contributed by atoms with Crippen molar-refractivity contribution in [3.63, 3.8) is 0 Å². The molecule has 1 N–H and O–H groups in total. The van der Waals surface area contributed by atoms with Crippen molar-refractivity contribution in [1.82, 2.24) is 14.8 Å². The number of hydrogen-bond donors (Lipinski definition) is 1. The van der Waals surface area contributed by atoms with E-state index >= 15 is 0 Å². The molecular formula is C17H19N3O4S. The van der Waals surface area contributed by atoms with Gasteiger partial charge in [-0.2, -0.15) is 4.31 Å². The van der Waals surface area contributed by atoms with Crippen molar-refractivity contribution in [2.75, 3.05) is 6.54 Å². The molecule has 2 fully saturated rings. The molecule has 7 nitrogen and oxygen atoms in total. The Kier molecular flexibility index (Phi) is 4.09. The molecule has 4 rings (SSSR count). The second-order valence-corrected chi connectivity index (χ2v) is 8.29. The maximum atomic E-state index is 13.3. The largest absolute Gasteiger partial charge is 0.356 e. The average molecular weight is 361 g/mol. The summed E-state index contributed by atoms with van der Waals surface area (Å²) in [5, 5.41) is 6.57. The van der Waals surface area contributed by atoms with Gasteiger partial charge in [-0.25, -0.2) is 8.42 Å². The number of hydrogen-bond acceptors (Lipinski definition) is 5. The maximum Gasteiger partial charge on any atom is 0.244 e. The van der Waals surface area contributed by atoms with Gasteiger partial charge in [-0.05, 0) is 37.8 Å². The molecule has 0 radical (unpaired) electrons. The van der Waals surface area contributed by atoms with Gasteiger partial charge in [0.25, 0.3) is 0 Å². The first-order chi connectivity index (χ1) is 12.1. The molecule has 1 saturated carbocycles. The van der Waals surface area contributed by atoms with E-state index in [1.165, 1.54) is 10.5 Å². The summed E-state index contributed by atoms with van der Waals surface area (Å²) in [6, 6.07) is 7.83. The lowest BCUT2D eigenvalue weighted by Gasteiger charge is -2.24. The smallest absolute Gasteiger partial charge is 0.244 e. The highest BCUT2D eigenvalue weighted by molar-refractivity contribution is 7.89. The van der Waals surface area contributed by atoms with E-state index < -0.39 is 16.1 Å². The summed E-state index contributed by atoms with van der Waals surface area (Å²) in [4.78, 5) is 12.6. The van der Waals surface area contributed by atoms with Crippen molar-refractivity contribution in [1.29, 1.82) is 0 Å². The molecule has 1 atom stereocenters. The third-order valence-corrected chi connectivity index (χ3v) is 6.57. The Morgan fingerprint density at radius 1 is 1.20 bits per heavy atom. The van der Waals surface area contributed by atoms with Crippen LogP contribution in [0.25, 0.3) is 11.3 Å². The van der Waals surface area contributed by atoms with Crippen molar-refractivity contribution in [2.24, 2.45) is 0 Å². The van der Waals surface area contributed by atoms with E-state index in [9.17, 15) is 13.2 Å². The van der Waals surface area contributed by atoms with E-state index in [4.69, 9.17) is 4.52 Å². The van der Waals surface area contributed by atoms with Gasteiger partial charge in [-0.15, -0.1) is 0 Å². The van der Waals surface area contributed by atoms with Gasteiger partial charge in [0, 0.05) is 24.2 Å². The fourth-order valence-corrected chi connectivity index (χ4v) is 5.05. The lowest BCUT2D eigenvalue weighted by molar-refractivity contribution is -0.124. The minimum absolute atomic E-state index is 0.137. The van der Waals surface area contributed by atoms with Crippen LogP contribution < -0.4 is 5.32 Å². The van der Waals surface area contributed by atoms with E-state index in [2.05, 4.69) is 10.5 Å². The van der Waals surface area contributed by atoms with Gasteiger partial charge in [0.2, 0.25) is 15.9 Å². The highest BCUT2D eigenvalue weighted by Crippen LogP contribution is 2.33. The van der Waals surface area contributed by atoms with Gasteiger partial charge in [0.1, 0.15) is 6.04 Å². The van der Waals surface area contributed by atoms with Crippen molar-refractivity contribution >= 4 is 15.9 Å². The molecule has 1 aromatic carbocycles. The Balaban J connectivity index is 1.68. The Morgan fingerprint density at radius 3 is 2.72 bits per heavy atom. The number of sulfonamides is 1. The highest BCUT2D eigenvalue weighted by Gasteiger charge is 2.41. The summed E-state index contributed by atoms with van der Waals surface area (Å²) in [5.41, 5.74) is 0.452. The molecule has 2 heterocycles. The summed E-state index contributed by atoms with van der Waals surface area (Å²) in [7, 11) is -3.82. The topological polar surface area (TPSA) is 92.5 Å². The SMILES string of the molecule is O=C(NC1CC1)C1CCCN1S(=O)(=O)c1ccccc1-c1ccno1. The first kappa shape index (κ1) is 16.3. The van der Waals surface area contributed by atoms with E-state index in [0.29, 0.717) is 30.7 Å². The molecule has 8 heteroatoms. The number of carbonyl (C=O) groups excluding carboxylic acids is 1. The fraction of sp³-hybridized carbons (Fsp3) is 0.412. The molecule has 1 amide bonds. The van der Waals surface area contributed by atoms with Gasteiger partial charge in [0.05, 0.1) is 11.1 Å².